The summed E-state index contributed by atoms with van der Waals surface area (Å²) in [6, 6.07) is 6.04. The molecule has 1 aromatic carbocycles. The van der Waals surface area contributed by atoms with E-state index in [-0.39, 0.29) is 22.9 Å². The molecule has 1 amide bonds. The molecule has 0 saturated heterocycles. The Kier molecular flexibility index (Phi) is 3.95. The second-order valence-corrected chi connectivity index (χ2v) is 8.35. The number of carbonyl (C=O) groups excluding carboxylic acids is 2. The molecule has 1 unspecified atom stereocenters. The number of amides is 1. The Hall–Kier alpha value is -2.47. The van der Waals surface area contributed by atoms with Crippen molar-refractivity contribution in [2.45, 2.75) is 26.7 Å². The SMILES string of the molecule is CC1(C)CC(=O)C2C=C(c3nc(-c4ccc(F)cc4)cs3)C(=O)N=C2C1. The lowest BCUT2D eigenvalue weighted by Gasteiger charge is -2.34. The van der Waals surface area contributed by atoms with Gasteiger partial charge in [-0.3, -0.25) is 9.59 Å². The van der Waals surface area contributed by atoms with Gasteiger partial charge in [0.05, 0.1) is 17.2 Å². The quantitative estimate of drug-likeness (QED) is 0.793. The highest BCUT2D eigenvalue weighted by Crippen LogP contribution is 2.39. The Morgan fingerprint density at radius 2 is 1.88 bits per heavy atom. The molecule has 0 bridgehead atoms. The van der Waals surface area contributed by atoms with E-state index in [0.29, 0.717) is 34.8 Å². The van der Waals surface area contributed by atoms with Gasteiger partial charge < -0.3 is 0 Å². The van der Waals surface area contributed by atoms with E-state index in [1.165, 1.54) is 23.5 Å². The third-order valence-electron chi connectivity index (χ3n) is 4.70. The molecule has 26 heavy (non-hydrogen) atoms. The number of carbonyl (C=O) groups is 2. The van der Waals surface area contributed by atoms with E-state index in [1.54, 1.807) is 18.2 Å². The Morgan fingerprint density at radius 3 is 2.62 bits per heavy atom. The third kappa shape index (κ3) is 3.05. The number of allylic oxidation sites excluding steroid dienone is 1. The number of aliphatic imine (C=N–C) groups is 1. The number of thiazole rings is 1. The van der Waals surface area contributed by atoms with Crippen LogP contribution >= 0.6 is 11.3 Å². The van der Waals surface area contributed by atoms with Crippen molar-refractivity contribution in [3.05, 3.63) is 46.5 Å². The van der Waals surface area contributed by atoms with Crippen molar-refractivity contribution < 1.29 is 14.0 Å². The van der Waals surface area contributed by atoms with E-state index in [0.717, 1.165) is 5.56 Å². The number of rotatable bonds is 2. The molecular formula is C20H17FN2O2S. The smallest absolute Gasteiger partial charge is 0.279 e. The van der Waals surface area contributed by atoms with Crippen LogP contribution in [-0.2, 0) is 9.59 Å². The molecule has 6 heteroatoms. The van der Waals surface area contributed by atoms with Gasteiger partial charge in [0.15, 0.2) is 0 Å². The lowest BCUT2D eigenvalue weighted by atomic mass is 9.70. The summed E-state index contributed by atoms with van der Waals surface area (Å²) in [4.78, 5) is 33.7. The molecular weight excluding hydrogens is 351 g/mol. The lowest BCUT2D eigenvalue weighted by molar-refractivity contribution is -0.122. The number of dihydropyridines is 1. The molecule has 2 aliphatic rings. The van der Waals surface area contributed by atoms with Crippen LogP contribution in [0.15, 0.2) is 40.7 Å². The van der Waals surface area contributed by atoms with Crippen LogP contribution in [0.3, 0.4) is 0 Å². The predicted molar refractivity (Wildman–Crippen MR) is 99.4 cm³/mol. The van der Waals surface area contributed by atoms with Crippen LogP contribution in [0, 0.1) is 17.2 Å². The largest absolute Gasteiger partial charge is 0.299 e. The number of ketones is 1. The second kappa shape index (κ2) is 6.06. The topological polar surface area (TPSA) is 59.4 Å². The van der Waals surface area contributed by atoms with Crippen LogP contribution in [0.2, 0.25) is 0 Å². The number of halogens is 1. The van der Waals surface area contributed by atoms with Crippen LogP contribution in [0.25, 0.3) is 16.8 Å². The number of nitrogens with zero attached hydrogens (tertiary/aromatic N) is 2. The Labute approximate surface area is 154 Å². The van der Waals surface area contributed by atoms with Gasteiger partial charge in [-0.2, -0.15) is 0 Å². The normalized spacial score (nSPS) is 21.9. The minimum absolute atomic E-state index is 0.0975. The van der Waals surface area contributed by atoms with Gasteiger partial charge in [-0.1, -0.05) is 19.9 Å². The van der Waals surface area contributed by atoms with Gasteiger partial charge in [-0.05, 0) is 36.1 Å². The Balaban J connectivity index is 1.66. The third-order valence-corrected chi connectivity index (χ3v) is 5.58. The molecule has 1 atom stereocenters. The van der Waals surface area contributed by atoms with Gasteiger partial charge in [0.2, 0.25) is 0 Å². The molecule has 1 saturated carbocycles. The van der Waals surface area contributed by atoms with Crippen molar-refractivity contribution in [1.29, 1.82) is 0 Å². The Morgan fingerprint density at radius 1 is 1.15 bits per heavy atom. The molecule has 1 aromatic heterocycles. The van der Waals surface area contributed by atoms with Crippen LogP contribution in [0.4, 0.5) is 4.39 Å². The van der Waals surface area contributed by atoms with E-state index in [1.807, 2.05) is 19.2 Å². The van der Waals surface area contributed by atoms with E-state index < -0.39 is 5.92 Å². The molecule has 4 nitrogen and oxygen atoms in total. The van der Waals surface area contributed by atoms with Crippen molar-refractivity contribution >= 4 is 34.3 Å². The summed E-state index contributed by atoms with van der Waals surface area (Å²) < 4.78 is 13.1. The van der Waals surface area contributed by atoms with Gasteiger partial charge >= 0.3 is 0 Å². The molecule has 0 radical (unpaired) electrons. The maximum Gasteiger partial charge on any atom is 0.279 e. The molecule has 2 heterocycles. The lowest BCUT2D eigenvalue weighted by Crippen LogP contribution is -2.39. The Bertz CT molecular complexity index is 970. The first-order valence-electron chi connectivity index (χ1n) is 8.41. The summed E-state index contributed by atoms with van der Waals surface area (Å²) in [5, 5.41) is 2.36. The molecule has 2 aromatic rings. The monoisotopic (exact) mass is 368 g/mol. The van der Waals surface area contributed by atoms with Crippen molar-refractivity contribution in [3.8, 4) is 11.3 Å². The maximum absolute atomic E-state index is 13.1. The van der Waals surface area contributed by atoms with Crippen LogP contribution in [0.1, 0.15) is 31.7 Å². The van der Waals surface area contributed by atoms with E-state index in [2.05, 4.69) is 9.98 Å². The van der Waals surface area contributed by atoms with Gasteiger partial charge in [0, 0.05) is 23.1 Å². The summed E-state index contributed by atoms with van der Waals surface area (Å²) in [5.41, 5.74) is 2.33. The number of Topliss-reactive ketones (excluding diaryl/α,β-unsaturated/α-hetero) is 1. The second-order valence-electron chi connectivity index (χ2n) is 7.50. The first-order chi connectivity index (χ1) is 12.3. The van der Waals surface area contributed by atoms with E-state index in [4.69, 9.17) is 0 Å². The summed E-state index contributed by atoms with van der Waals surface area (Å²) in [6.45, 7) is 4.03. The summed E-state index contributed by atoms with van der Waals surface area (Å²) >= 11 is 1.32. The fourth-order valence-corrected chi connectivity index (χ4v) is 4.32. The highest BCUT2D eigenvalue weighted by molar-refractivity contribution is 7.11. The molecule has 0 N–H and O–H groups in total. The van der Waals surface area contributed by atoms with E-state index in [9.17, 15) is 14.0 Å². The highest BCUT2D eigenvalue weighted by atomic mass is 32.1. The number of hydrogen-bond donors (Lipinski definition) is 0. The van der Waals surface area contributed by atoms with Crippen molar-refractivity contribution in [1.82, 2.24) is 4.98 Å². The first kappa shape index (κ1) is 17.0. The average Bonchev–Trinajstić information content (AvgIpc) is 3.03. The minimum atomic E-state index is -0.422. The zero-order valence-corrected chi connectivity index (χ0v) is 15.3. The van der Waals surface area contributed by atoms with Crippen molar-refractivity contribution in [2.24, 2.45) is 16.3 Å². The van der Waals surface area contributed by atoms with Crippen LogP contribution in [-0.4, -0.2) is 22.4 Å². The number of benzene rings is 1. The minimum Gasteiger partial charge on any atom is -0.299 e. The van der Waals surface area contributed by atoms with E-state index >= 15 is 0 Å². The maximum atomic E-state index is 13.1. The average molecular weight is 368 g/mol. The fraction of sp³-hybridized carbons (Fsp3) is 0.300. The zero-order chi connectivity index (χ0) is 18.5. The van der Waals surface area contributed by atoms with Gasteiger partial charge in [0.1, 0.15) is 16.6 Å². The highest BCUT2D eigenvalue weighted by Gasteiger charge is 2.40. The first-order valence-corrected chi connectivity index (χ1v) is 9.28. The number of aromatic nitrogens is 1. The van der Waals surface area contributed by atoms with Gasteiger partial charge in [0.25, 0.3) is 5.91 Å². The van der Waals surface area contributed by atoms with Crippen molar-refractivity contribution in [3.63, 3.8) is 0 Å². The van der Waals surface area contributed by atoms with Crippen LogP contribution in [0.5, 0.6) is 0 Å². The van der Waals surface area contributed by atoms with Gasteiger partial charge in [-0.15, -0.1) is 11.3 Å². The molecule has 1 aliphatic heterocycles. The van der Waals surface area contributed by atoms with Crippen molar-refractivity contribution in [2.75, 3.05) is 0 Å². The molecule has 1 aliphatic carbocycles. The number of fused-ring (bicyclic) bond motifs is 1. The summed E-state index contributed by atoms with van der Waals surface area (Å²) in [7, 11) is 0. The summed E-state index contributed by atoms with van der Waals surface area (Å²) in [5.74, 6) is -0.981. The van der Waals surface area contributed by atoms with Crippen LogP contribution < -0.4 is 0 Å². The zero-order valence-electron chi connectivity index (χ0n) is 14.5. The van der Waals surface area contributed by atoms with Gasteiger partial charge in [-0.25, -0.2) is 14.4 Å². The molecule has 132 valence electrons. The predicted octanol–water partition coefficient (Wildman–Crippen LogP) is 4.32. The summed E-state index contributed by atoms with van der Waals surface area (Å²) in [6.07, 6.45) is 2.85. The molecule has 0 spiro atoms. The standard InChI is InChI=1S/C20H17FN2O2S/c1-20(2)8-15-13(17(24)9-20)7-14(18(25)22-15)19-23-16(10-26-19)11-3-5-12(21)6-4-11/h3-7,10,13H,8-9H2,1-2H3. The fourth-order valence-electron chi connectivity index (χ4n) is 3.47. The molecule has 4 rings (SSSR count). The molecule has 1 fully saturated rings. The number of hydrogen-bond acceptors (Lipinski definition) is 4.